The van der Waals surface area contributed by atoms with Gasteiger partial charge in [0, 0.05) is 11.3 Å². The Morgan fingerprint density at radius 1 is 0.821 bits per heavy atom. The van der Waals surface area contributed by atoms with Crippen molar-refractivity contribution in [2.24, 2.45) is 0 Å². The molecule has 0 aliphatic heterocycles. The van der Waals surface area contributed by atoms with Gasteiger partial charge in [0.1, 0.15) is 0 Å². The van der Waals surface area contributed by atoms with Gasteiger partial charge in [0.15, 0.2) is 0 Å². The van der Waals surface area contributed by atoms with E-state index in [1.807, 2.05) is 19.1 Å². The average molecular weight is 386 g/mol. The zero-order valence-electron chi connectivity index (χ0n) is 15.3. The molecule has 1 N–H and O–H groups in total. The molecular weight excluding hydrogens is 368 g/mol. The van der Waals surface area contributed by atoms with Crippen LogP contribution < -0.4 is 5.32 Å². The molecule has 0 amide bonds. The highest BCUT2D eigenvalue weighted by Gasteiger charge is 2.16. The first-order chi connectivity index (χ1) is 13.5. The van der Waals surface area contributed by atoms with Crippen LogP contribution in [-0.2, 0) is 9.84 Å². The summed E-state index contributed by atoms with van der Waals surface area (Å²) >= 11 is 0. The quantitative estimate of drug-likeness (QED) is 0.684. The van der Waals surface area contributed by atoms with Gasteiger partial charge in [-0.25, -0.2) is 8.42 Å². The van der Waals surface area contributed by atoms with Crippen molar-refractivity contribution in [2.75, 3.05) is 11.9 Å². The first-order valence-corrected chi connectivity index (χ1v) is 10.1. The third-order valence-corrected chi connectivity index (χ3v) is 5.91. The van der Waals surface area contributed by atoms with Crippen molar-refractivity contribution in [1.82, 2.24) is 0 Å². The predicted molar refractivity (Wildman–Crippen MR) is 110 cm³/mol. The number of anilines is 1. The molecule has 3 rings (SSSR count). The van der Waals surface area contributed by atoms with Gasteiger partial charge in [-0.15, -0.1) is 0 Å². The van der Waals surface area contributed by atoms with Gasteiger partial charge >= 0.3 is 0 Å². The Labute approximate surface area is 165 Å². The lowest BCUT2D eigenvalue weighted by molar-refractivity contribution is 0.596. The molecule has 0 aliphatic rings. The van der Waals surface area contributed by atoms with E-state index < -0.39 is 9.84 Å². The predicted octanol–water partition coefficient (Wildman–Crippen LogP) is 4.16. The van der Waals surface area contributed by atoms with Gasteiger partial charge in [0.2, 0.25) is 9.84 Å². The summed E-state index contributed by atoms with van der Waals surface area (Å²) in [4.78, 5) is 0.529. The van der Waals surface area contributed by atoms with Gasteiger partial charge in [-0.3, -0.25) is 0 Å². The Morgan fingerprint density at radius 2 is 1.36 bits per heavy atom. The van der Waals surface area contributed by atoms with E-state index in [0.29, 0.717) is 12.1 Å². The molecule has 0 saturated carbocycles. The highest BCUT2D eigenvalue weighted by molar-refractivity contribution is 7.91. The molecule has 0 aromatic heterocycles. The van der Waals surface area contributed by atoms with E-state index in [4.69, 9.17) is 5.26 Å². The van der Waals surface area contributed by atoms with Crippen LogP contribution in [0.3, 0.4) is 0 Å². The molecule has 28 heavy (non-hydrogen) atoms. The fourth-order valence-corrected chi connectivity index (χ4v) is 3.79. The molecule has 3 aromatic carbocycles. The maximum atomic E-state index is 12.7. The van der Waals surface area contributed by atoms with Crippen molar-refractivity contribution < 1.29 is 8.42 Å². The van der Waals surface area contributed by atoms with Crippen molar-refractivity contribution in [3.63, 3.8) is 0 Å². The monoisotopic (exact) mass is 386 g/mol. The highest BCUT2D eigenvalue weighted by Crippen LogP contribution is 2.21. The zero-order chi connectivity index (χ0) is 20.0. The summed E-state index contributed by atoms with van der Waals surface area (Å²) in [6.45, 7) is 2.36. The minimum absolute atomic E-state index is 0.248. The van der Waals surface area contributed by atoms with Crippen LogP contribution >= 0.6 is 0 Å². The summed E-state index contributed by atoms with van der Waals surface area (Å²) in [5.74, 6) is 6.00. The maximum Gasteiger partial charge on any atom is 0.206 e. The van der Waals surface area contributed by atoms with Gasteiger partial charge in [0.25, 0.3) is 0 Å². The number of rotatable bonds is 4. The first-order valence-electron chi connectivity index (χ1n) is 8.64. The minimum atomic E-state index is -3.52. The Hall–Kier alpha value is -3.54. The van der Waals surface area contributed by atoms with Gasteiger partial charge in [-0.2, -0.15) is 5.26 Å². The zero-order valence-corrected chi connectivity index (χ0v) is 16.1. The van der Waals surface area contributed by atoms with E-state index >= 15 is 0 Å². The van der Waals surface area contributed by atoms with Crippen LogP contribution in [0, 0.1) is 30.1 Å². The van der Waals surface area contributed by atoms with Crippen molar-refractivity contribution >= 4 is 15.5 Å². The second kappa shape index (κ2) is 8.43. The van der Waals surface area contributed by atoms with Crippen LogP contribution in [0.25, 0.3) is 0 Å². The molecule has 0 aliphatic carbocycles. The molecule has 4 nitrogen and oxygen atoms in total. The van der Waals surface area contributed by atoms with E-state index in [0.717, 1.165) is 16.8 Å². The van der Waals surface area contributed by atoms with Gasteiger partial charge < -0.3 is 5.32 Å². The normalized spacial score (nSPS) is 10.4. The largest absolute Gasteiger partial charge is 0.374 e. The van der Waals surface area contributed by atoms with Crippen LogP contribution in [0.2, 0.25) is 0 Å². The molecule has 3 aromatic rings. The summed E-state index contributed by atoms with van der Waals surface area (Å²) in [7, 11) is -3.52. The third kappa shape index (κ3) is 4.59. The van der Waals surface area contributed by atoms with Crippen molar-refractivity contribution in [3.8, 4) is 17.9 Å². The molecule has 0 unspecified atom stereocenters. The van der Waals surface area contributed by atoms with Gasteiger partial charge in [-0.1, -0.05) is 29.5 Å². The maximum absolute atomic E-state index is 12.7. The molecule has 138 valence electrons. The van der Waals surface area contributed by atoms with Crippen LogP contribution in [0.1, 0.15) is 16.7 Å². The number of aryl methyl sites for hydroxylation is 1. The molecule has 5 heteroatoms. The van der Waals surface area contributed by atoms with E-state index in [-0.39, 0.29) is 9.79 Å². The molecule has 0 spiro atoms. The number of nitrogens with one attached hydrogen (secondary N) is 1. The first kappa shape index (κ1) is 19.2. The number of hydrogen-bond donors (Lipinski definition) is 1. The van der Waals surface area contributed by atoms with E-state index in [1.165, 1.54) is 0 Å². The van der Waals surface area contributed by atoms with Crippen LogP contribution in [-0.4, -0.2) is 15.0 Å². The summed E-state index contributed by atoms with van der Waals surface area (Å²) in [5, 5.41) is 11.9. The average Bonchev–Trinajstić information content (AvgIpc) is 2.72. The second-order valence-electron chi connectivity index (χ2n) is 6.19. The van der Waals surface area contributed by atoms with Crippen LogP contribution in [0.4, 0.5) is 5.69 Å². The van der Waals surface area contributed by atoms with Crippen molar-refractivity contribution in [3.05, 3.63) is 89.5 Å². The number of nitriles is 1. The second-order valence-corrected chi connectivity index (χ2v) is 8.14. The highest BCUT2D eigenvalue weighted by atomic mass is 32.2. The van der Waals surface area contributed by atoms with E-state index in [2.05, 4.69) is 23.2 Å². The molecular formula is C23H18N2O2S. The molecule has 0 fully saturated rings. The van der Waals surface area contributed by atoms with Gasteiger partial charge in [0.05, 0.1) is 28.0 Å². The van der Waals surface area contributed by atoms with Gasteiger partial charge in [-0.05, 0) is 67.6 Å². The van der Waals surface area contributed by atoms with Crippen molar-refractivity contribution in [1.29, 1.82) is 5.26 Å². The Morgan fingerprint density at radius 3 is 1.93 bits per heavy atom. The van der Waals surface area contributed by atoms with Crippen LogP contribution in [0.5, 0.6) is 0 Å². The summed E-state index contributed by atoms with van der Waals surface area (Å²) in [5.41, 5.74) is 3.24. The minimum Gasteiger partial charge on any atom is -0.374 e. The Kier molecular flexibility index (Phi) is 5.79. The van der Waals surface area contributed by atoms with Crippen LogP contribution in [0.15, 0.2) is 82.6 Å². The fraction of sp³-hybridized carbons (Fsp3) is 0.0870. The number of nitrogens with zero attached hydrogens (tertiary/aromatic N) is 1. The number of sulfone groups is 1. The molecule has 0 atom stereocenters. The summed E-state index contributed by atoms with van der Waals surface area (Å²) < 4.78 is 25.3. The fourth-order valence-electron chi connectivity index (χ4n) is 2.53. The topological polar surface area (TPSA) is 70.0 Å². The molecule has 0 bridgehead atoms. The van der Waals surface area contributed by atoms with E-state index in [1.54, 1.807) is 60.7 Å². The number of benzene rings is 3. The molecule has 0 heterocycles. The SMILES string of the molecule is Cc1ccc(S(=O)(=O)c2ccc(C#CCNc3ccc(C#N)cc3)cc2)cc1. The lowest BCUT2D eigenvalue weighted by Crippen LogP contribution is -2.02. The third-order valence-electron chi connectivity index (χ3n) is 4.12. The smallest absolute Gasteiger partial charge is 0.206 e. The lowest BCUT2D eigenvalue weighted by atomic mass is 10.2. The van der Waals surface area contributed by atoms with E-state index in [9.17, 15) is 8.42 Å². The Balaban J connectivity index is 1.65. The summed E-state index contributed by atoms with van der Waals surface area (Å²) in [6.07, 6.45) is 0. The van der Waals surface area contributed by atoms with Crippen molar-refractivity contribution in [2.45, 2.75) is 16.7 Å². The molecule has 0 saturated heterocycles. The Bertz CT molecular complexity index is 1160. The number of hydrogen-bond acceptors (Lipinski definition) is 4. The molecule has 0 radical (unpaired) electrons. The standard InChI is InChI=1S/C23H18N2O2S/c1-18-4-12-22(13-5-18)28(26,27)23-14-8-19(9-15-23)3-2-16-25-21-10-6-20(17-24)7-11-21/h4-15,25H,16H2,1H3. The lowest BCUT2D eigenvalue weighted by Gasteiger charge is -2.05. The summed E-state index contributed by atoms with van der Waals surface area (Å²) in [6, 6.07) is 22.6.